The molecule has 2 aromatic rings. The molecule has 0 bridgehead atoms. The van der Waals surface area contributed by atoms with Crippen molar-refractivity contribution >= 4 is 37.5 Å². The van der Waals surface area contributed by atoms with E-state index in [0.29, 0.717) is 23.5 Å². The van der Waals surface area contributed by atoms with Gasteiger partial charge in [-0.25, -0.2) is 17.9 Å². The molecular formula is C20H19BrFNO4S. The van der Waals surface area contributed by atoms with E-state index < -0.39 is 26.7 Å². The van der Waals surface area contributed by atoms with Crippen LogP contribution >= 0.6 is 15.9 Å². The molecule has 1 aliphatic rings. The lowest BCUT2D eigenvalue weighted by Crippen LogP contribution is -2.27. The molecule has 1 fully saturated rings. The summed E-state index contributed by atoms with van der Waals surface area (Å²) >= 11 is 3.31. The van der Waals surface area contributed by atoms with Crippen molar-refractivity contribution in [3.63, 3.8) is 0 Å². The van der Waals surface area contributed by atoms with Crippen molar-refractivity contribution in [3.05, 3.63) is 63.9 Å². The van der Waals surface area contributed by atoms with Crippen LogP contribution in [0.4, 0.5) is 4.39 Å². The van der Waals surface area contributed by atoms with Crippen LogP contribution in [-0.4, -0.2) is 20.0 Å². The number of hydrogen-bond donors (Lipinski definition) is 1. The zero-order valence-corrected chi connectivity index (χ0v) is 17.3. The number of ketones is 2. The third-order valence-corrected chi connectivity index (χ3v) is 6.18. The molecule has 1 unspecified atom stereocenters. The van der Waals surface area contributed by atoms with Gasteiger partial charge in [-0.3, -0.25) is 9.59 Å². The van der Waals surface area contributed by atoms with Crippen LogP contribution in [0.3, 0.4) is 0 Å². The fourth-order valence-corrected chi connectivity index (χ4v) is 4.07. The Hall–Kier alpha value is -1.90. The molecule has 3 rings (SSSR count). The first-order valence-corrected chi connectivity index (χ1v) is 11.1. The Bertz CT molecular complexity index is 1030. The van der Waals surface area contributed by atoms with Crippen LogP contribution in [0.25, 0.3) is 0 Å². The number of benzene rings is 2. The summed E-state index contributed by atoms with van der Waals surface area (Å²) < 4.78 is 37.6. The maximum Gasteiger partial charge on any atom is 0.240 e. The lowest BCUT2D eigenvalue weighted by atomic mass is 9.86. The summed E-state index contributed by atoms with van der Waals surface area (Å²) in [5.41, 5.74) is 0.757. The third kappa shape index (κ3) is 5.12. The van der Waals surface area contributed by atoms with Crippen molar-refractivity contribution < 1.29 is 22.4 Å². The fraction of sp³-hybridized carbons (Fsp3) is 0.300. The van der Waals surface area contributed by atoms with Gasteiger partial charge in [0.15, 0.2) is 5.78 Å². The van der Waals surface area contributed by atoms with Crippen molar-refractivity contribution in [2.24, 2.45) is 17.0 Å². The van der Waals surface area contributed by atoms with Crippen LogP contribution in [0, 0.1) is 17.7 Å². The highest BCUT2D eigenvalue weighted by Crippen LogP contribution is 2.34. The Morgan fingerprint density at radius 1 is 1.18 bits per heavy atom. The standard InChI is InChI=1S/C20H19BrFNO4S/c21-15-3-1-2-14(11-15)20(25)16(18(24)10-12-4-5-12)8-13-6-7-19(17(22)9-13)28(23,26)27/h1-3,6-7,9,11-12,16H,4-5,8,10H2,(H2,23,26,27). The lowest BCUT2D eigenvalue weighted by molar-refractivity contribution is -0.121. The van der Waals surface area contributed by atoms with E-state index in [0.717, 1.165) is 29.4 Å². The zero-order valence-electron chi connectivity index (χ0n) is 14.9. The molecule has 0 aliphatic heterocycles. The normalized spacial score (nSPS) is 15.2. The molecule has 0 spiro atoms. The van der Waals surface area contributed by atoms with Gasteiger partial charge in [-0.05, 0) is 55.0 Å². The van der Waals surface area contributed by atoms with E-state index in [2.05, 4.69) is 15.9 Å². The van der Waals surface area contributed by atoms with Gasteiger partial charge in [0.2, 0.25) is 10.0 Å². The fourth-order valence-electron chi connectivity index (χ4n) is 3.08. The van der Waals surface area contributed by atoms with Crippen LogP contribution in [-0.2, 0) is 21.2 Å². The number of sulfonamides is 1. The molecule has 1 saturated carbocycles. The van der Waals surface area contributed by atoms with E-state index in [1.165, 1.54) is 6.07 Å². The lowest BCUT2D eigenvalue weighted by Gasteiger charge is -2.16. The summed E-state index contributed by atoms with van der Waals surface area (Å²) in [7, 11) is -4.18. The monoisotopic (exact) mass is 467 g/mol. The molecule has 2 N–H and O–H groups in total. The summed E-state index contributed by atoms with van der Waals surface area (Å²) in [5, 5.41) is 4.98. The second kappa shape index (κ2) is 8.23. The van der Waals surface area contributed by atoms with Crippen molar-refractivity contribution in [3.8, 4) is 0 Å². The average molecular weight is 468 g/mol. The molecule has 28 heavy (non-hydrogen) atoms. The predicted octanol–water partition coefficient (Wildman–Crippen LogP) is 3.65. The van der Waals surface area contributed by atoms with Gasteiger partial charge in [-0.15, -0.1) is 0 Å². The molecule has 0 radical (unpaired) electrons. The SMILES string of the molecule is NS(=O)(=O)c1ccc(CC(C(=O)CC2CC2)C(=O)c2cccc(Br)c2)cc1F. The number of halogens is 2. The van der Waals surface area contributed by atoms with Gasteiger partial charge < -0.3 is 0 Å². The van der Waals surface area contributed by atoms with Gasteiger partial charge in [0, 0.05) is 16.5 Å². The Morgan fingerprint density at radius 2 is 1.89 bits per heavy atom. The van der Waals surface area contributed by atoms with E-state index in [4.69, 9.17) is 5.14 Å². The maximum atomic E-state index is 14.2. The molecule has 0 heterocycles. The van der Waals surface area contributed by atoms with Crippen molar-refractivity contribution in [1.82, 2.24) is 0 Å². The average Bonchev–Trinajstić information content (AvgIpc) is 3.42. The van der Waals surface area contributed by atoms with Crippen LogP contribution in [0.15, 0.2) is 51.8 Å². The van der Waals surface area contributed by atoms with Gasteiger partial charge in [-0.1, -0.05) is 34.1 Å². The second-order valence-electron chi connectivity index (χ2n) is 7.05. The summed E-state index contributed by atoms with van der Waals surface area (Å²) in [6.45, 7) is 0. The topological polar surface area (TPSA) is 94.3 Å². The molecule has 0 amide bonds. The minimum atomic E-state index is -4.18. The first-order valence-electron chi connectivity index (χ1n) is 8.79. The zero-order chi connectivity index (χ0) is 20.5. The van der Waals surface area contributed by atoms with Crippen molar-refractivity contribution in [1.29, 1.82) is 0 Å². The summed E-state index contributed by atoms with van der Waals surface area (Å²) in [6.07, 6.45) is 2.27. The second-order valence-corrected chi connectivity index (χ2v) is 9.50. The maximum absolute atomic E-state index is 14.2. The number of carbonyl (C=O) groups excluding carboxylic acids is 2. The van der Waals surface area contributed by atoms with Gasteiger partial charge in [0.1, 0.15) is 16.5 Å². The Kier molecular flexibility index (Phi) is 6.12. The van der Waals surface area contributed by atoms with Crippen LogP contribution < -0.4 is 5.14 Å². The smallest absolute Gasteiger partial charge is 0.240 e. The molecule has 0 aromatic heterocycles. The van der Waals surface area contributed by atoms with Gasteiger partial charge in [-0.2, -0.15) is 0 Å². The third-order valence-electron chi connectivity index (χ3n) is 4.74. The van der Waals surface area contributed by atoms with Gasteiger partial charge in [0.05, 0.1) is 5.92 Å². The van der Waals surface area contributed by atoms with Crippen LogP contribution in [0.5, 0.6) is 0 Å². The van der Waals surface area contributed by atoms with E-state index in [1.807, 2.05) is 0 Å². The Labute approximate surface area is 171 Å². The number of Topliss-reactive ketones (excluding diaryl/α,β-unsaturated/α-hetero) is 2. The Morgan fingerprint density at radius 3 is 2.46 bits per heavy atom. The molecular weight excluding hydrogens is 449 g/mol. The number of hydrogen-bond acceptors (Lipinski definition) is 4. The summed E-state index contributed by atoms with van der Waals surface area (Å²) in [4.78, 5) is 25.2. The van der Waals surface area contributed by atoms with Crippen molar-refractivity contribution in [2.45, 2.75) is 30.6 Å². The largest absolute Gasteiger partial charge is 0.299 e. The van der Waals surface area contributed by atoms with E-state index in [-0.39, 0.29) is 18.0 Å². The highest BCUT2D eigenvalue weighted by atomic mass is 79.9. The number of carbonyl (C=O) groups is 2. The van der Waals surface area contributed by atoms with Crippen molar-refractivity contribution in [2.75, 3.05) is 0 Å². The number of rotatable bonds is 8. The van der Waals surface area contributed by atoms with E-state index in [1.54, 1.807) is 24.3 Å². The van der Waals surface area contributed by atoms with E-state index in [9.17, 15) is 22.4 Å². The highest BCUT2D eigenvalue weighted by molar-refractivity contribution is 9.10. The number of primary sulfonamides is 1. The van der Waals surface area contributed by atoms with E-state index >= 15 is 0 Å². The summed E-state index contributed by atoms with van der Waals surface area (Å²) in [6, 6.07) is 10.2. The number of nitrogens with two attached hydrogens (primary N) is 1. The van der Waals surface area contributed by atoms with Gasteiger partial charge >= 0.3 is 0 Å². The molecule has 5 nitrogen and oxygen atoms in total. The van der Waals surface area contributed by atoms with Crippen LogP contribution in [0.1, 0.15) is 35.2 Å². The predicted molar refractivity (Wildman–Crippen MR) is 106 cm³/mol. The molecule has 2 aromatic carbocycles. The highest BCUT2D eigenvalue weighted by Gasteiger charge is 2.33. The van der Waals surface area contributed by atoms with Crippen LogP contribution in [0.2, 0.25) is 0 Å². The molecule has 1 aliphatic carbocycles. The molecule has 1 atom stereocenters. The minimum Gasteiger partial charge on any atom is -0.299 e. The first-order chi connectivity index (χ1) is 13.1. The first kappa shape index (κ1) is 20.8. The minimum absolute atomic E-state index is 0.00127. The Balaban J connectivity index is 1.90. The molecule has 148 valence electrons. The molecule has 0 saturated heterocycles. The van der Waals surface area contributed by atoms with Gasteiger partial charge in [0.25, 0.3) is 0 Å². The molecule has 8 heteroatoms. The quantitative estimate of drug-likeness (QED) is 0.473. The summed E-state index contributed by atoms with van der Waals surface area (Å²) in [5.74, 6) is -2.14.